The molecule has 1 aliphatic heterocycles. The summed E-state index contributed by atoms with van der Waals surface area (Å²) in [5.41, 5.74) is 2.30. The van der Waals surface area contributed by atoms with Gasteiger partial charge < -0.3 is 9.64 Å². The van der Waals surface area contributed by atoms with Crippen LogP contribution in [0.2, 0.25) is 0 Å². The van der Waals surface area contributed by atoms with Crippen LogP contribution in [0.3, 0.4) is 0 Å². The Kier molecular flexibility index (Phi) is 3.58. The van der Waals surface area contributed by atoms with Gasteiger partial charge in [0.25, 0.3) is 5.91 Å². The molecule has 1 amide bonds. The minimum atomic E-state index is 0.0798. The molecule has 1 saturated carbocycles. The van der Waals surface area contributed by atoms with Gasteiger partial charge in [-0.15, -0.1) is 11.3 Å². The molecular weight excluding hydrogens is 296 g/mol. The zero-order valence-corrected chi connectivity index (χ0v) is 13.0. The summed E-state index contributed by atoms with van der Waals surface area (Å²) >= 11 is 1.47. The molecule has 1 aromatic heterocycles. The lowest BCUT2D eigenvalue weighted by molar-refractivity contribution is 0.0765. The summed E-state index contributed by atoms with van der Waals surface area (Å²) in [7, 11) is 0. The van der Waals surface area contributed by atoms with Gasteiger partial charge >= 0.3 is 0 Å². The fourth-order valence-electron chi connectivity index (χ4n) is 3.68. The summed E-state index contributed by atoms with van der Waals surface area (Å²) in [5.74, 6) is 2.16. The van der Waals surface area contributed by atoms with Crippen LogP contribution in [0, 0.1) is 11.8 Å². The molecule has 4 rings (SSSR count). The van der Waals surface area contributed by atoms with Crippen LogP contribution < -0.4 is 4.74 Å². The minimum absolute atomic E-state index is 0.0798. The molecule has 5 heteroatoms. The lowest BCUT2D eigenvalue weighted by atomic mass is 10.0. The van der Waals surface area contributed by atoms with Gasteiger partial charge in [-0.1, -0.05) is 18.2 Å². The fraction of sp³-hybridized carbons (Fsp3) is 0.412. The number of benzene rings is 1. The van der Waals surface area contributed by atoms with Crippen molar-refractivity contribution in [2.45, 2.75) is 18.9 Å². The van der Waals surface area contributed by atoms with E-state index in [1.165, 1.54) is 11.3 Å². The van der Waals surface area contributed by atoms with Crippen LogP contribution in [-0.4, -0.2) is 35.0 Å². The molecule has 0 N–H and O–H groups in total. The highest BCUT2D eigenvalue weighted by molar-refractivity contribution is 7.07. The van der Waals surface area contributed by atoms with Crippen LogP contribution >= 0.6 is 11.3 Å². The second-order valence-electron chi connectivity index (χ2n) is 6.13. The molecular formula is C17H18N2O2S. The fourth-order valence-corrected chi connectivity index (χ4v) is 4.20. The van der Waals surface area contributed by atoms with Crippen LogP contribution in [0.4, 0.5) is 0 Å². The number of amides is 1. The molecule has 1 aromatic carbocycles. The summed E-state index contributed by atoms with van der Waals surface area (Å²) in [6, 6.07) is 10.0. The van der Waals surface area contributed by atoms with E-state index in [1.807, 2.05) is 40.6 Å². The van der Waals surface area contributed by atoms with Crippen molar-refractivity contribution in [3.05, 3.63) is 46.9 Å². The molecule has 114 valence electrons. The number of carbonyl (C=O) groups excluding carboxylic acids is 1. The van der Waals surface area contributed by atoms with E-state index in [4.69, 9.17) is 4.74 Å². The molecule has 2 fully saturated rings. The molecule has 4 nitrogen and oxygen atoms in total. The Hall–Kier alpha value is -1.88. The first-order valence-electron chi connectivity index (χ1n) is 7.69. The van der Waals surface area contributed by atoms with E-state index in [-0.39, 0.29) is 12.0 Å². The number of hydrogen-bond acceptors (Lipinski definition) is 4. The van der Waals surface area contributed by atoms with Crippen molar-refractivity contribution in [1.82, 2.24) is 9.88 Å². The second kappa shape index (κ2) is 5.72. The van der Waals surface area contributed by atoms with Gasteiger partial charge in [0.2, 0.25) is 0 Å². The number of aromatic nitrogens is 1. The van der Waals surface area contributed by atoms with Crippen molar-refractivity contribution < 1.29 is 9.53 Å². The van der Waals surface area contributed by atoms with Crippen LogP contribution in [0.15, 0.2) is 41.2 Å². The Balaban J connectivity index is 1.36. The third-order valence-corrected chi connectivity index (χ3v) is 5.28. The quantitative estimate of drug-likeness (QED) is 0.874. The number of thiazole rings is 1. The van der Waals surface area contributed by atoms with Crippen molar-refractivity contribution in [1.29, 1.82) is 0 Å². The van der Waals surface area contributed by atoms with E-state index in [9.17, 15) is 4.79 Å². The van der Waals surface area contributed by atoms with E-state index in [1.54, 1.807) is 5.51 Å². The summed E-state index contributed by atoms with van der Waals surface area (Å²) in [5, 5.41) is 1.83. The van der Waals surface area contributed by atoms with Gasteiger partial charge in [-0.2, -0.15) is 0 Å². The first kappa shape index (κ1) is 13.8. The van der Waals surface area contributed by atoms with Crippen molar-refractivity contribution >= 4 is 17.2 Å². The van der Waals surface area contributed by atoms with Gasteiger partial charge in [-0.3, -0.25) is 4.79 Å². The number of likely N-dealkylation sites (tertiary alicyclic amines) is 1. The number of rotatable bonds is 3. The molecule has 1 aliphatic carbocycles. The third-order valence-electron chi connectivity index (χ3n) is 4.69. The zero-order chi connectivity index (χ0) is 14.9. The highest BCUT2D eigenvalue weighted by Crippen LogP contribution is 2.40. The van der Waals surface area contributed by atoms with Crippen LogP contribution in [0.25, 0.3) is 0 Å². The summed E-state index contributed by atoms with van der Waals surface area (Å²) in [4.78, 5) is 18.4. The second-order valence-corrected chi connectivity index (χ2v) is 6.85. The Morgan fingerprint density at radius 2 is 1.91 bits per heavy atom. The van der Waals surface area contributed by atoms with Crippen LogP contribution in [0.1, 0.15) is 23.3 Å². The van der Waals surface area contributed by atoms with E-state index in [0.717, 1.165) is 31.7 Å². The van der Waals surface area contributed by atoms with Gasteiger partial charge in [0.15, 0.2) is 0 Å². The number of nitrogens with zero attached hydrogens (tertiary/aromatic N) is 2. The smallest absolute Gasteiger partial charge is 0.273 e. The standard InChI is InChI=1S/C17H18N2O2S/c20-17(16-10-22-11-18-16)19-8-12-6-15(7-13(12)9-19)21-14-4-2-1-3-5-14/h1-5,10-13,15H,6-9H2/t12-,13+,15?. The maximum atomic E-state index is 12.4. The molecule has 2 aromatic rings. The molecule has 0 bridgehead atoms. The topological polar surface area (TPSA) is 42.4 Å². The van der Waals surface area contributed by atoms with Crippen LogP contribution in [0.5, 0.6) is 5.75 Å². The summed E-state index contributed by atoms with van der Waals surface area (Å²) in [6.07, 6.45) is 2.37. The van der Waals surface area contributed by atoms with E-state index in [0.29, 0.717) is 17.5 Å². The Labute approximate surface area is 133 Å². The Bertz CT molecular complexity index is 630. The number of ether oxygens (including phenoxy) is 1. The normalized spacial score (nSPS) is 26.9. The summed E-state index contributed by atoms with van der Waals surface area (Å²) < 4.78 is 6.07. The predicted molar refractivity (Wildman–Crippen MR) is 85.1 cm³/mol. The van der Waals surface area contributed by atoms with E-state index < -0.39 is 0 Å². The maximum absolute atomic E-state index is 12.4. The zero-order valence-electron chi connectivity index (χ0n) is 12.2. The lowest BCUT2D eigenvalue weighted by Gasteiger charge is -2.19. The predicted octanol–water partition coefficient (Wildman–Crippen LogP) is 3.07. The number of hydrogen-bond donors (Lipinski definition) is 0. The molecule has 0 radical (unpaired) electrons. The molecule has 0 spiro atoms. The van der Waals surface area contributed by atoms with Gasteiger partial charge in [-0.25, -0.2) is 4.98 Å². The van der Waals surface area contributed by atoms with Crippen molar-refractivity contribution in [2.24, 2.45) is 11.8 Å². The van der Waals surface area contributed by atoms with Gasteiger partial charge in [0.1, 0.15) is 11.4 Å². The highest BCUT2D eigenvalue weighted by Gasteiger charge is 2.43. The Morgan fingerprint density at radius 1 is 1.18 bits per heavy atom. The molecule has 2 aliphatic rings. The first-order chi connectivity index (χ1) is 10.8. The van der Waals surface area contributed by atoms with Gasteiger partial charge in [-0.05, 0) is 36.8 Å². The number of carbonyl (C=O) groups is 1. The van der Waals surface area contributed by atoms with E-state index in [2.05, 4.69) is 4.98 Å². The molecule has 1 unspecified atom stereocenters. The molecule has 2 heterocycles. The van der Waals surface area contributed by atoms with Gasteiger partial charge in [0.05, 0.1) is 11.6 Å². The number of para-hydroxylation sites is 1. The summed E-state index contributed by atoms with van der Waals surface area (Å²) in [6.45, 7) is 1.69. The largest absolute Gasteiger partial charge is 0.490 e. The van der Waals surface area contributed by atoms with Crippen molar-refractivity contribution in [2.75, 3.05) is 13.1 Å². The first-order valence-corrected chi connectivity index (χ1v) is 8.63. The lowest BCUT2D eigenvalue weighted by Crippen LogP contribution is -2.31. The minimum Gasteiger partial charge on any atom is -0.490 e. The average Bonchev–Trinajstić information content (AvgIpc) is 3.23. The Morgan fingerprint density at radius 3 is 2.55 bits per heavy atom. The average molecular weight is 314 g/mol. The number of fused-ring (bicyclic) bond motifs is 1. The highest BCUT2D eigenvalue weighted by atomic mass is 32.1. The molecule has 22 heavy (non-hydrogen) atoms. The SMILES string of the molecule is O=C(c1cscn1)N1C[C@H]2CC(Oc3ccccc3)C[C@H]2C1. The van der Waals surface area contributed by atoms with Crippen LogP contribution in [-0.2, 0) is 0 Å². The van der Waals surface area contributed by atoms with Gasteiger partial charge in [0, 0.05) is 18.5 Å². The molecule has 1 saturated heterocycles. The van der Waals surface area contributed by atoms with E-state index >= 15 is 0 Å². The van der Waals surface area contributed by atoms with Crippen molar-refractivity contribution in [3.8, 4) is 5.75 Å². The monoisotopic (exact) mass is 314 g/mol. The molecule has 3 atom stereocenters. The maximum Gasteiger partial charge on any atom is 0.273 e. The van der Waals surface area contributed by atoms with Crippen molar-refractivity contribution in [3.63, 3.8) is 0 Å². The third kappa shape index (κ3) is 2.61.